The molecule has 0 unspecified atom stereocenters. The number of urea groups is 1. The van der Waals surface area contributed by atoms with Crippen LogP contribution in [0.25, 0.3) is 0 Å². The van der Waals surface area contributed by atoms with Crippen LogP contribution in [0.3, 0.4) is 0 Å². The van der Waals surface area contributed by atoms with Gasteiger partial charge in [0.25, 0.3) is 0 Å². The monoisotopic (exact) mass is 408 g/mol. The zero-order chi connectivity index (χ0) is 20.9. The van der Waals surface area contributed by atoms with E-state index in [0.717, 1.165) is 36.2 Å². The summed E-state index contributed by atoms with van der Waals surface area (Å²) in [5.74, 6) is 1.68. The van der Waals surface area contributed by atoms with E-state index in [0.29, 0.717) is 19.1 Å². The highest BCUT2D eigenvalue weighted by Gasteiger charge is 2.23. The molecule has 30 heavy (non-hydrogen) atoms. The van der Waals surface area contributed by atoms with Gasteiger partial charge >= 0.3 is 6.03 Å². The second kappa shape index (κ2) is 9.32. The van der Waals surface area contributed by atoms with Gasteiger partial charge in [-0.2, -0.15) is 4.98 Å². The summed E-state index contributed by atoms with van der Waals surface area (Å²) in [5.41, 5.74) is 2.98. The summed E-state index contributed by atoms with van der Waals surface area (Å²) in [6.07, 6.45) is 6.29. The number of nitrogens with zero attached hydrogens (tertiary/aromatic N) is 4. The Kier molecular flexibility index (Phi) is 6.35. The second-order valence-corrected chi connectivity index (χ2v) is 8.44. The molecular weight excluding hydrogens is 376 g/mol. The predicted molar refractivity (Wildman–Crippen MR) is 121 cm³/mol. The smallest absolute Gasteiger partial charge is 0.321 e. The Bertz CT molecular complexity index is 854. The minimum Gasteiger partial charge on any atom is -0.353 e. The van der Waals surface area contributed by atoms with E-state index in [-0.39, 0.29) is 6.03 Å². The maximum atomic E-state index is 12.6. The fourth-order valence-electron chi connectivity index (χ4n) is 4.19. The van der Waals surface area contributed by atoms with Crippen LogP contribution in [-0.4, -0.2) is 53.1 Å². The number of rotatable bonds is 4. The number of hydrogen-bond donors (Lipinski definition) is 2. The molecule has 7 heteroatoms. The lowest BCUT2D eigenvalue weighted by atomic mass is 9.96. The molecule has 2 amide bonds. The number of carbonyl (C=O) groups excluding carboxylic acids is 1. The van der Waals surface area contributed by atoms with E-state index < -0.39 is 0 Å². The van der Waals surface area contributed by atoms with Gasteiger partial charge in [-0.3, -0.25) is 0 Å². The fourth-order valence-corrected chi connectivity index (χ4v) is 4.19. The first-order valence-electron chi connectivity index (χ1n) is 11.1. The van der Waals surface area contributed by atoms with Crippen LogP contribution in [0, 0.1) is 13.8 Å². The van der Waals surface area contributed by atoms with Gasteiger partial charge in [0.2, 0.25) is 5.95 Å². The molecule has 2 aromatic rings. The van der Waals surface area contributed by atoms with Gasteiger partial charge in [0.15, 0.2) is 0 Å². The van der Waals surface area contributed by atoms with E-state index in [2.05, 4.69) is 20.5 Å². The zero-order valence-corrected chi connectivity index (χ0v) is 18.0. The van der Waals surface area contributed by atoms with E-state index in [1.54, 1.807) is 0 Å². The van der Waals surface area contributed by atoms with E-state index in [1.165, 1.54) is 37.7 Å². The van der Waals surface area contributed by atoms with Gasteiger partial charge in [-0.1, -0.05) is 37.0 Å². The van der Waals surface area contributed by atoms with E-state index in [4.69, 9.17) is 4.98 Å². The van der Waals surface area contributed by atoms with Crippen molar-refractivity contribution in [2.75, 3.05) is 41.7 Å². The molecule has 0 radical (unpaired) electrons. The molecule has 160 valence electrons. The van der Waals surface area contributed by atoms with Crippen LogP contribution in [0.4, 0.5) is 22.2 Å². The van der Waals surface area contributed by atoms with Crippen molar-refractivity contribution in [2.45, 2.75) is 52.0 Å². The Morgan fingerprint density at radius 2 is 1.67 bits per heavy atom. The van der Waals surface area contributed by atoms with Crippen molar-refractivity contribution >= 4 is 23.5 Å². The number of benzene rings is 1. The van der Waals surface area contributed by atoms with Crippen molar-refractivity contribution in [1.29, 1.82) is 0 Å². The number of amides is 2. The molecule has 0 atom stereocenters. The average Bonchev–Trinajstić information content (AvgIpc) is 2.76. The van der Waals surface area contributed by atoms with Gasteiger partial charge < -0.3 is 20.4 Å². The number of nitrogens with one attached hydrogen (secondary N) is 2. The van der Waals surface area contributed by atoms with Gasteiger partial charge in [-0.25, -0.2) is 9.78 Å². The zero-order valence-electron chi connectivity index (χ0n) is 18.0. The van der Waals surface area contributed by atoms with Crippen LogP contribution in [0.5, 0.6) is 0 Å². The highest BCUT2D eigenvalue weighted by molar-refractivity contribution is 5.89. The Morgan fingerprint density at radius 1 is 0.967 bits per heavy atom. The predicted octanol–water partition coefficient (Wildman–Crippen LogP) is 4.19. The molecule has 1 aromatic heterocycles. The van der Waals surface area contributed by atoms with Crippen LogP contribution in [0.15, 0.2) is 30.3 Å². The van der Waals surface area contributed by atoms with Gasteiger partial charge in [0.1, 0.15) is 5.82 Å². The van der Waals surface area contributed by atoms with Crippen molar-refractivity contribution in [2.24, 2.45) is 0 Å². The molecule has 1 saturated carbocycles. The third kappa shape index (κ3) is 5.20. The highest BCUT2D eigenvalue weighted by atomic mass is 16.2. The van der Waals surface area contributed by atoms with Crippen LogP contribution < -0.4 is 15.5 Å². The van der Waals surface area contributed by atoms with Crippen molar-refractivity contribution in [1.82, 2.24) is 14.9 Å². The van der Waals surface area contributed by atoms with Crippen molar-refractivity contribution < 1.29 is 4.79 Å². The number of piperazine rings is 1. The molecule has 4 rings (SSSR count). The maximum absolute atomic E-state index is 12.6. The Morgan fingerprint density at radius 3 is 2.37 bits per heavy atom. The molecule has 7 nitrogen and oxygen atoms in total. The number of aryl methyl sites for hydroxylation is 2. The lowest BCUT2D eigenvalue weighted by Gasteiger charge is -2.35. The van der Waals surface area contributed by atoms with Crippen molar-refractivity contribution in [3.8, 4) is 0 Å². The molecule has 0 bridgehead atoms. The maximum Gasteiger partial charge on any atom is 0.321 e. The van der Waals surface area contributed by atoms with Crippen molar-refractivity contribution in [3.05, 3.63) is 41.6 Å². The minimum absolute atomic E-state index is 0.0444. The first-order chi connectivity index (χ1) is 14.6. The topological polar surface area (TPSA) is 73.4 Å². The third-order valence-electron chi connectivity index (χ3n) is 5.97. The molecule has 1 aliphatic heterocycles. The first-order valence-corrected chi connectivity index (χ1v) is 11.1. The number of carbonyl (C=O) groups is 1. The summed E-state index contributed by atoms with van der Waals surface area (Å²) in [5, 5.41) is 6.53. The van der Waals surface area contributed by atoms with Gasteiger partial charge in [-0.05, 0) is 38.8 Å². The summed E-state index contributed by atoms with van der Waals surface area (Å²) in [6, 6.07) is 10.4. The summed E-state index contributed by atoms with van der Waals surface area (Å²) >= 11 is 0. The summed E-state index contributed by atoms with van der Waals surface area (Å²) in [6.45, 7) is 6.93. The largest absolute Gasteiger partial charge is 0.353 e. The van der Waals surface area contributed by atoms with Gasteiger partial charge in [-0.15, -0.1) is 0 Å². The Labute approximate surface area is 178 Å². The SMILES string of the molecule is Cc1ccc(NC(=O)N2CCN(c3cc(C)nc(NC4CCCCC4)n3)CC2)cc1. The molecule has 1 aromatic carbocycles. The Hall–Kier alpha value is -2.83. The number of aromatic nitrogens is 2. The molecule has 2 N–H and O–H groups in total. The Balaban J connectivity index is 1.34. The van der Waals surface area contributed by atoms with Crippen LogP contribution in [0.2, 0.25) is 0 Å². The summed E-state index contributed by atoms with van der Waals surface area (Å²) < 4.78 is 0. The van der Waals surface area contributed by atoms with Crippen molar-refractivity contribution in [3.63, 3.8) is 0 Å². The lowest BCUT2D eigenvalue weighted by molar-refractivity contribution is 0.208. The summed E-state index contributed by atoms with van der Waals surface area (Å²) in [4.78, 5) is 26.1. The molecule has 2 fully saturated rings. The highest BCUT2D eigenvalue weighted by Crippen LogP contribution is 2.22. The fraction of sp³-hybridized carbons (Fsp3) is 0.522. The molecule has 1 saturated heterocycles. The third-order valence-corrected chi connectivity index (χ3v) is 5.97. The quantitative estimate of drug-likeness (QED) is 0.793. The van der Waals surface area contributed by atoms with E-state index >= 15 is 0 Å². The van der Waals surface area contributed by atoms with Crippen LogP contribution >= 0.6 is 0 Å². The molecular formula is C23H32N6O. The first kappa shape index (κ1) is 20.4. The normalized spacial score (nSPS) is 17.7. The second-order valence-electron chi connectivity index (χ2n) is 8.44. The number of anilines is 3. The van der Waals surface area contributed by atoms with E-state index in [9.17, 15) is 4.79 Å². The molecule has 1 aliphatic carbocycles. The van der Waals surface area contributed by atoms with Crippen LogP contribution in [-0.2, 0) is 0 Å². The van der Waals surface area contributed by atoms with E-state index in [1.807, 2.05) is 49.1 Å². The standard InChI is InChI=1S/C23H32N6O/c1-17-8-10-20(11-9-17)26-23(30)29-14-12-28(13-15-29)21-16-18(2)24-22(27-21)25-19-6-4-3-5-7-19/h8-11,16,19H,3-7,12-15H2,1-2H3,(H,26,30)(H,24,25,27). The van der Waals surface area contributed by atoms with Crippen LogP contribution in [0.1, 0.15) is 43.4 Å². The molecule has 0 spiro atoms. The van der Waals surface area contributed by atoms with Gasteiger partial charge in [0.05, 0.1) is 0 Å². The number of hydrogen-bond acceptors (Lipinski definition) is 5. The minimum atomic E-state index is -0.0444. The molecule has 2 heterocycles. The van der Waals surface area contributed by atoms with Gasteiger partial charge in [0, 0.05) is 49.7 Å². The average molecular weight is 409 g/mol. The summed E-state index contributed by atoms with van der Waals surface area (Å²) in [7, 11) is 0. The lowest BCUT2D eigenvalue weighted by Crippen LogP contribution is -2.50. The molecule has 2 aliphatic rings.